The van der Waals surface area contributed by atoms with Crippen molar-refractivity contribution in [2.75, 3.05) is 14.2 Å². The maximum Gasteiger partial charge on any atom is 0.407 e. The molecule has 4 aromatic rings. The van der Waals surface area contributed by atoms with E-state index in [2.05, 4.69) is 40.0 Å². The van der Waals surface area contributed by atoms with Gasteiger partial charge in [-0.2, -0.15) is 0 Å². The van der Waals surface area contributed by atoms with Crippen molar-refractivity contribution in [3.8, 4) is 33.6 Å². The predicted molar refractivity (Wildman–Crippen MR) is 188 cm³/mol. The molecule has 0 fully saturated rings. The van der Waals surface area contributed by atoms with Crippen LogP contribution in [-0.2, 0) is 19.1 Å². The highest BCUT2D eigenvalue weighted by atomic mass is 16.5. The number of Topliss-reactive ketones (excluding diaryl/α,β-unsaturated/α-hetero) is 2. The number of imidazole rings is 2. The minimum absolute atomic E-state index is 0.156. The van der Waals surface area contributed by atoms with Gasteiger partial charge in [-0.15, -0.1) is 0 Å². The average molecular weight is 683 g/mol. The minimum Gasteiger partial charge on any atom is -0.453 e. The lowest BCUT2D eigenvalue weighted by Gasteiger charge is -2.21. The van der Waals surface area contributed by atoms with Crippen molar-refractivity contribution in [3.63, 3.8) is 0 Å². The molecule has 0 aliphatic heterocycles. The van der Waals surface area contributed by atoms with E-state index in [0.29, 0.717) is 23.0 Å². The zero-order valence-corrected chi connectivity index (χ0v) is 28.7. The van der Waals surface area contributed by atoms with E-state index < -0.39 is 36.1 Å². The lowest BCUT2D eigenvalue weighted by molar-refractivity contribution is -0.122. The number of aromatic amines is 2. The molecule has 0 bridgehead atoms. The zero-order valence-electron chi connectivity index (χ0n) is 28.7. The van der Waals surface area contributed by atoms with Crippen LogP contribution in [0.3, 0.4) is 0 Å². The number of carbonyl (C=O) groups is 4. The van der Waals surface area contributed by atoms with Crippen LogP contribution in [0, 0.1) is 22.7 Å². The Balaban J connectivity index is 1.49. The molecule has 0 radical (unpaired) electrons. The molecular formula is C36H42N8O6. The molecule has 0 saturated heterocycles. The Morgan fingerprint density at radius 1 is 0.620 bits per heavy atom. The Morgan fingerprint density at radius 3 is 1.22 bits per heavy atom. The maximum atomic E-state index is 13.3. The molecule has 2 amide bonds. The number of amides is 2. The number of carbonyl (C=O) groups excluding carboxylic acids is 4. The molecule has 262 valence electrons. The van der Waals surface area contributed by atoms with Crippen LogP contribution in [0.4, 0.5) is 9.59 Å². The molecule has 0 aliphatic rings. The average Bonchev–Trinajstić information content (AvgIpc) is 3.80. The van der Waals surface area contributed by atoms with Gasteiger partial charge in [-0.1, -0.05) is 76.2 Å². The summed E-state index contributed by atoms with van der Waals surface area (Å²) in [6.07, 6.45) is 3.48. The molecule has 4 rings (SSSR count). The number of nitrogens with one attached hydrogen (secondary N) is 6. The van der Waals surface area contributed by atoms with Gasteiger partial charge >= 0.3 is 12.2 Å². The van der Waals surface area contributed by atoms with Crippen LogP contribution < -0.4 is 10.6 Å². The molecule has 4 atom stereocenters. The molecular weight excluding hydrogens is 640 g/mol. The van der Waals surface area contributed by atoms with Gasteiger partial charge in [-0.05, 0) is 34.1 Å². The number of ketones is 2. The number of hydrogen-bond donors (Lipinski definition) is 6. The van der Waals surface area contributed by atoms with E-state index in [1.165, 1.54) is 14.2 Å². The second-order valence-electron chi connectivity index (χ2n) is 12.3. The molecule has 0 unspecified atom stereocenters. The molecule has 2 aromatic carbocycles. The van der Waals surface area contributed by atoms with E-state index in [1.807, 2.05) is 76.2 Å². The SMILES string of the molecule is COC(=O)N[C@@H](C=N)C(=O)[C@@H](c1ncc(-c2ccc(-c3ccc(-c4cnc([C@H](C(=O)[C@H](C=N)NC(=O)OC)C(C)C)[nH]4)cc3)cc2)[nH]1)C(C)C. The van der Waals surface area contributed by atoms with Crippen LogP contribution in [0.1, 0.15) is 51.2 Å². The van der Waals surface area contributed by atoms with Gasteiger partial charge < -0.3 is 40.9 Å². The first-order chi connectivity index (χ1) is 23.9. The van der Waals surface area contributed by atoms with Crippen molar-refractivity contribution >= 4 is 36.2 Å². The van der Waals surface area contributed by atoms with Crippen molar-refractivity contribution < 1.29 is 28.7 Å². The summed E-state index contributed by atoms with van der Waals surface area (Å²) in [6.45, 7) is 7.50. The molecule has 0 spiro atoms. The molecule has 2 heterocycles. The monoisotopic (exact) mass is 682 g/mol. The Hall–Kier alpha value is -5.92. The standard InChI is InChI=1S/C36H42N8O6/c1-19(2)29(31(45)25(15-37)43-35(47)49-5)33-39-17-27(41-33)23-11-7-21(8-12-23)22-9-13-24(14-10-22)28-18-40-34(42-28)30(20(3)4)32(46)26(16-38)44-36(48)50-6/h7-20,25-26,29-30,37-38H,1-6H3,(H,39,41)(H,40,42)(H,43,47)(H,44,48)/t25-,26-,29-,30-/m0/s1. The number of benzene rings is 2. The highest BCUT2D eigenvalue weighted by Crippen LogP contribution is 2.31. The summed E-state index contributed by atoms with van der Waals surface area (Å²) in [7, 11) is 2.38. The summed E-state index contributed by atoms with van der Waals surface area (Å²) in [5.41, 5.74) is 5.11. The van der Waals surface area contributed by atoms with Gasteiger partial charge in [0.25, 0.3) is 0 Å². The fourth-order valence-corrected chi connectivity index (χ4v) is 5.67. The quantitative estimate of drug-likeness (QED) is 0.0878. The third-order valence-electron chi connectivity index (χ3n) is 8.32. The molecule has 14 nitrogen and oxygen atoms in total. The van der Waals surface area contributed by atoms with Gasteiger partial charge in [0.15, 0.2) is 11.6 Å². The van der Waals surface area contributed by atoms with E-state index in [4.69, 9.17) is 10.8 Å². The number of nitrogens with zero attached hydrogens (tertiary/aromatic N) is 2. The number of methoxy groups -OCH3 is 2. The van der Waals surface area contributed by atoms with Crippen LogP contribution in [0.5, 0.6) is 0 Å². The summed E-state index contributed by atoms with van der Waals surface area (Å²) in [6, 6.07) is 13.4. The van der Waals surface area contributed by atoms with E-state index in [9.17, 15) is 19.2 Å². The second kappa shape index (κ2) is 16.5. The fraction of sp³-hybridized carbons (Fsp3) is 0.333. The number of aromatic nitrogens is 4. The first-order valence-corrected chi connectivity index (χ1v) is 16.0. The van der Waals surface area contributed by atoms with Crippen LogP contribution in [0.2, 0.25) is 0 Å². The van der Waals surface area contributed by atoms with Gasteiger partial charge in [-0.25, -0.2) is 19.6 Å². The second-order valence-corrected chi connectivity index (χ2v) is 12.3. The number of rotatable bonds is 15. The Kier molecular flexibility index (Phi) is 12.1. The van der Waals surface area contributed by atoms with Crippen molar-refractivity contribution in [1.29, 1.82) is 10.8 Å². The molecule has 0 saturated carbocycles. The summed E-state index contributed by atoms with van der Waals surface area (Å²) in [4.78, 5) is 65.4. The van der Waals surface area contributed by atoms with Crippen LogP contribution in [-0.4, -0.2) is 82.4 Å². The molecule has 14 heteroatoms. The first-order valence-electron chi connectivity index (χ1n) is 16.0. The van der Waals surface area contributed by atoms with Gasteiger partial charge in [-0.3, -0.25) is 9.59 Å². The van der Waals surface area contributed by atoms with E-state index in [0.717, 1.165) is 34.7 Å². The lowest BCUT2D eigenvalue weighted by atomic mass is 9.87. The van der Waals surface area contributed by atoms with Gasteiger partial charge in [0.05, 0.1) is 49.8 Å². The van der Waals surface area contributed by atoms with Gasteiger partial charge in [0.2, 0.25) is 0 Å². The normalized spacial score (nSPS) is 13.5. The fourth-order valence-electron chi connectivity index (χ4n) is 5.67. The van der Waals surface area contributed by atoms with Crippen LogP contribution in [0.25, 0.3) is 33.6 Å². The topological polar surface area (TPSA) is 216 Å². The Bertz CT molecular complexity index is 1690. The summed E-state index contributed by atoms with van der Waals surface area (Å²) >= 11 is 0. The van der Waals surface area contributed by atoms with Crippen LogP contribution >= 0.6 is 0 Å². The molecule has 50 heavy (non-hydrogen) atoms. The Labute approximate surface area is 289 Å². The number of ether oxygens (including phenoxy) is 2. The van der Waals surface area contributed by atoms with E-state index in [1.54, 1.807) is 12.4 Å². The lowest BCUT2D eigenvalue weighted by Crippen LogP contribution is -2.45. The minimum atomic E-state index is -1.15. The van der Waals surface area contributed by atoms with Crippen molar-refractivity contribution in [3.05, 3.63) is 72.6 Å². The number of hydrogen-bond acceptors (Lipinski definition) is 10. The summed E-state index contributed by atoms with van der Waals surface area (Å²) < 4.78 is 9.18. The van der Waals surface area contributed by atoms with Crippen LogP contribution in [0.15, 0.2) is 60.9 Å². The zero-order chi connectivity index (χ0) is 36.5. The number of H-pyrrole nitrogens is 2. The smallest absolute Gasteiger partial charge is 0.407 e. The van der Waals surface area contributed by atoms with Gasteiger partial charge in [0, 0.05) is 12.4 Å². The predicted octanol–water partition coefficient (Wildman–Crippen LogP) is 5.50. The third kappa shape index (κ3) is 8.38. The summed E-state index contributed by atoms with van der Waals surface area (Å²) in [5.74, 6) is -1.54. The molecule has 0 aliphatic carbocycles. The van der Waals surface area contributed by atoms with E-state index >= 15 is 0 Å². The highest BCUT2D eigenvalue weighted by molar-refractivity contribution is 6.04. The maximum absolute atomic E-state index is 13.3. The summed E-state index contributed by atoms with van der Waals surface area (Å²) in [5, 5.41) is 20.1. The third-order valence-corrected chi connectivity index (χ3v) is 8.32. The Morgan fingerprint density at radius 2 is 0.940 bits per heavy atom. The molecule has 2 aromatic heterocycles. The highest BCUT2D eigenvalue weighted by Gasteiger charge is 2.34. The largest absolute Gasteiger partial charge is 0.453 e. The molecule has 6 N–H and O–H groups in total. The van der Waals surface area contributed by atoms with Crippen molar-refractivity contribution in [2.45, 2.75) is 51.6 Å². The van der Waals surface area contributed by atoms with Crippen molar-refractivity contribution in [2.24, 2.45) is 11.8 Å². The van der Waals surface area contributed by atoms with Gasteiger partial charge in [0.1, 0.15) is 23.7 Å². The number of alkyl carbamates (subject to hydrolysis) is 2. The van der Waals surface area contributed by atoms with E-state index in [-0.39, 0.29) is 23.4 Å². The van der Waals surface area contributed by atoms with Crippen molar-refractivity contribution in [1.82, 2.24) is 30.6 Å². The first kappa shape index (κ1) is 36.9.